The van der Waals surface area contributed by atoms with Crippen molar-refractivity contribution in [2.24, 2.45) is 0 Å². The molecule has 22 heavy (non-hydrogen) atoms. The molecule has 0 radical (unpaired) electrons. The summed E-state index contributed by atoms with van der Waals surface area (Å²) in [6.45, 7) is 8.52. The first-order chi connectivity index (χ1) is 10.7. The van der Waals surface area contributed by atoms with E-state index in [9.17, 15) is 0 Å². The Labute approximate surface area is 133 Å². The molecule has 0 bridgehead atoms. The lowest BCUT2D eigenvalue weighted by Gasteiger charge is -2.23. The van der Waals surface area contributed by atoms with E-state index in [4.69, 9.17) is 0 Å². The monoisotopic (exact) mass is 288 g/mol. The van der Waals surface area contributed by atoms with E-state index in [1.165, 1.54) is 16.9 Å². The highest BCUT2D eigenvalue weighted by Crippen LogP contribution is 2.37. The summed E-state index contributed by atoms with van der Waals surface area (Å²) in [6.07, 6.45) is 0. The zero-order chi connectivity index (χ0) is 15.5. The van der Waals surface area contributed by atoms with Crippen molar-refractivity contribution in [2.75, 3.05) is 22.7 Å². The number of nitrogens with zero attached hydrogens (tertiary/aromatic N) is 2. The number of aryl methyl sites for hydroxylation is 1. The third-order valence-electron chi connectivity index (χ3n) is 4.17. The second kappa shape index (κ2) is 6.19. The molecule has 110 valence electrons. The molecule has 0 saturated carbocycles. The van der Waals surface area contributed by atoms with Gasteiger partial charge < -0.3 is 9.62 Å². The topological polar surface area (TPSA) is 6.48 Å². The van der Waals surface area contributed by atoms with Crippen LogP contribution in [0.15, 0.2) is 48.5 Å². The van der Waals surface area contributed by atoms with E-state index in [2.05, 4.69) is 90.7 Å². The Bertz CT molecular complexity index is 681. The lowest BCUT2D eigenvalue weighted by Crippen LogP contribution is -2.47. The van der Waals surface area contributed by atoms with Crippen LogP contribution in [0.1, 0.15) is 25.0 Å². The highest BCUT2D eigenvalue weighted by Gasteiger charge is 2.37. The molecule has 0 atom stereocenters. The molecule has 0 aliphatic carbocycles. The van der Waals surface area contributed by atoms with Crippen molar-refractivity contribution in [1.29, 1.82) is 0 Å². The molecule has 1 aliphatic heterocycles. The first-order valence-electron chi connectivity index (χ1n) is 7.95. The lowest BCUT2D eigenvalue weighted by atomic mass is 9.74. The molecule has 1 aliphatic rings. The zero-order valence-corrected chi connectivity index (χ0v) is 13.5. The average Bonchev–Trinajstić information content (AvgIpc) is 2.87. The summed E-state index contributed by atoms with van der Waals surface area (Å²) in [7, 11) is 0. The fourth-order valence-electron chi connectivity index (χ4n) is 3.01. The minimum absolute atomic E-state index is 0.119. The van der Waals surface area contributed by atoms with Gasteiger partial charge in [0.05, 0.1) is 0 Å². The number of hydrogen-bond acceptors (Lipinski definition) is 2. The standard InChI is InChI=1S/C19H21BN2/c1-4-21-18-8-6-7-9-19(18)22(5-2)20(21)15-14-17-12-10-16(3)11-13-17/h6-13H,4-5H2,1-3H3. The second-order valence-electron chi connectivity index (χ2n) is 5.57. The van der Waals surface area contributed by atoms with Gasteiger partial charge >= 0.3 is 6.98 Å². The van der Waals surface area contributed by atoms with Crippen molar-refractivity contribution in [3.8, 4) is 11.7 Å². The third kappa shape index (κ3) is 2.57. The van der Waals surface area contributed by atoms with Crippen LogP contribution < -0.4 is 9.62 Å². The Morgan fingerprint density at radius 1 is 0.864 bits per heavy atom. The number of hydrogen-bond donors (Lipinski definition) is 0. The van der Waals surface area contributed by atoms with E-state index in [1.54, 1.807) is 0 Å². The summed E-state index contributed by atoms with van der Waals surface area (Å²) in [4.78, 5) is 4.75. The maximum absolute atomic E-state index is 3.47. The van der Waals surface area contributed by atoms with Gasteiger partial charge in [-0.25, -0.2) is 0 Å². The van der Waals surface area contributed by atoms with E-state index in [0.717, 1.165) is 18.7 Å². The van der Waals surface area contributed by atoms with Crippen LogP contribution in [-0.4, -0.2) is 20.1 Å². The molecule has 2 aromatic rings. The van der Waals surface area contributed by atoms with Crippen molar-refractivity contribution < 1.29 is 0 Å². The van der Waals surface area contributed by atoms with E-state index in [-0.39, 0.29) is 6.98 Å². The van der Waals surface area contributed by atoms with E-state index in [0.29, 0.717) is 0 Å². The first-order valence-corrected chi connectivity index (χ1v) is 7.95. The molecule has 3 heteroatoms. The molecular formula is C19H21BN2. The van der Waals surface area contributed by atoms with E-state index >= 15 is 0 Å². The Morgan fingerprint density at radius 3 is 1.91 bits per heavy atom. The van der Waals surface area contributed by atoms with Crippen LogP contribution in [0.5, 0.6) is 0 Å². The van der Waals surface area contributed by atoms with Crippen LogP contribution in [0.4, 0.5) is 11.4 Å². The van der Waals surface area contributed by atoms with Crippen molar-refractivity contribution in [2.45, 2.75) is 20.8 Å². The highest BCUT2D eigenvalue weighted by molar-refractivity contribution is 6.77. The van der Waals surface area contributed by atoms with Crippen molar-refractivity contribution in [1.82, 2.24) is 0 Å². The van der Waals surface area contributed by atoms with Gasteiger partial charge in [0.2, 0.25) is 0 Å². The van der Waals surface area contributed by atoms with Gasteiger partial charge in [-0.05, 0) is 45.0 Å². The van der Waals surface area contributed by atoms with E-state index in [1.807, 2.05) is 0 Å². The fraction of sp³-hybridized carbons (Fsp3) is 0.263. The van der Waals surface area contributed by atoms with E-state index < -0.39 is 0 Å². The minimum atomic E-state index is 0.119. The van der Waals surface area contributed by atoms with Crippen LogP contribution in [0.25, 0.3) is 0 Å². The Kier molecular flexibility index (Phi) is 4.11. The summed E-state index contributed by atoms with van der Waals surface area (Å²) in [6, 6.07) is 17.0. The van der Waals surface area contributed by atoms with Crippen LogP contribution >= 0.6 is 0 Å². The molecule has 1 heterocycles. The van der Waals surface area contributed by atoms with Gasteiger partial charge in [0.25, 0.3) is 0 Å². The molecule has 2 aromatic carbocycles. The quantitative estimate of drug-likeness (QED) is 0.613. The molecule has 0 fully saturated rings. The maximum Gasteiger partial charge on any atom is 0.466 e. The SMILES string of the molecule is CCN1B(C#Cc2ccc(C)cc2)N(CC)c2ccccc21. The first kappa shape index (κ1) is 14.6. The summed E-state index contributed by atoms with van der Waals surface area (Å²) >= 11 is 0. The second-order valence-corrected chi connectivity index (χ2v) is 5.57. The number of benzene rings is 2. The van der Waals surface area contributed by atoms with Gasteiger partial charge in [0.15, 0.2) is 0 Å². The van der Waals surface area contributed by atoms with Crippen molar-refractivity contribution in [3.63, 3.8) is 0 Å². The van der Waals surface area contributed by atoms with Gasteiger partial charge in [0, 0.05) is 30.0 Å². The van der Waals surface area contributed by atoms with Crippen LogP contribution in [-0.2, 0) is 0 Å². The van der Waals surface area contributed by atoms with Crippen LogP contribution in [0, 0.1) is 18.7 Å². The summed E-state index contributed by atoms with van der Waals surface area (Å²) in [5.74, 6) is 6.81. The van der Waals surface area contributed by atoms with Gasteiger partial charge in [-0.15, -0.1) is 0 Å². The Hall–Kier alpha value is -2.34. The summed E-state index contributed by atoms with van der Waals surface area (Å²) in [5.41, 5.74) is 4.92. The molecule has 0 spiro atoms. The van der Waals surface area contributed by atoms with Gasteiger partial charge in [-0.3, -0.25) is 0 Å². The number of anilines is 2. The molecule has 0 aromatic heterocycles. The Balaban J connectivity index is 1.95. The molecule has 3 rings (SSSR count). The number of fused-ring (bicyclic) bond motifs is 1. The number of rotatable bonds is 2. The number of para-hydroxylation sites is 2. The Morgan fingerprint density at radius 2 is 1.41 bits per heavy atom. The van der Waals surface area contributed by atoms with Crippen molar-refractivity contribution >= 4 is 18.4 Å². The molecule has 0 amide bonds. The van der Waals surface area contributed by atoms with Crippen LogP contribution in [0.2, 0.25) is 0 Å². The largest absolute Gasteiger partial charge is 0.466 e. The normalized spacial score (nSPS) is 13.0. The molecule has 0 N–H and O–H groups in total. The van der Waals surface area contributed by atoms with Gasteiger partial charge in [-0.2, -0.15) is 0 Å². The van der Waals surface area contributed by atoms with Crippen molar-refractivity contribution in [3.05, 3.63) is 59.7 Å². The highest BCUT2D eigenvalue weighted by atomic mass is 15.3. The van der Waals surface area contributed by atoms with Gasteiger partial charge in [-0.1, -0.05) is 41.6 Å². The smallest absolute Gasteiger partial charge is 0.384 e. The lowest BCUT2D eigenvalue weighted by molar-refractivity contribution is 1.06. The fourth-order valence-corrected chi connectivity index (χ4v) is 3.01. The third-order valence-corrected chi connectivity index (χ3v) is 4.17. The predicted molar refractivity (Wildman–Crippen MR) is 96.3 cm³/mol. The zero-order valence-electron chi connectivity index (χ0n) is 13.5. The molecule has 0 saturated heterocycles. The maximum atomic E-state index is 3.47. The average molecular weight is 288 g/mol. The minimum Gasteiger partial charge on any atom is -0.384 e. The summed E-state index contributed by atoms with van der Waals surface area (Å²) in [5, 5.41) is 0. The molecule has 0 unspecified atom stereocenters. The molecule has 2 nitrogen and oxygen atoms in total. The molecular weight excluding hydrogens is 267 g/mol. The van der Waals surface area contributed by atoms with Gasteiger partial charge in [0.1, 0.15) is 0 Å². The predicted octanol–water partition coefficient (Wildman–Crippen LogP) is 3.74. The summed E-state index contributed by atoms with van der Waals surface area (Å²) < 4.78 is 0. The van der Waals surface area contributed by atoms with Crippen LogP contribution in [0.3, 0.4) is 0 Å².